The molecule has 18 heavy (non-hydrogen) atoms. The molecule has 3 nitrogen and oxygen atoms in total. The number of hydrogen-bond donors (Lipinski definition) is 1. The van der Waals surface area contributed by atoms with E-state index in [1.165, 1.54) is 5.56 Å². The Morgan fingerprint density at radius 1 is 1.44 bits per heavy atom. The van der Waals surface area contributed by atoms with Gasteiger partial charge in [-0.3, -0.25) is 4.90 Å². The summed E-state index contributed by atoms with van der Waals surface area (Å²) in [6.45, 7) is 7.75. The average Bonchev–Trinajstić information content (AvgIpc) is 2.38. The van der Waals surface area contributed by atoms with Gasteiger partial charge in [0, 0.05) is 19.1 Å². The van der Waals surface area contributed by atoms with Gasteiger partial charge in [-0.2, -0.15) is 0 Å². The van der Waals surface area contributed by atoms with E-state index in [0.29, 0.717) is 6.04 Å². The molecule has 1 aliphatic heterocycles. The first-order valence-corrected chi connectivity index (χ1v) is 6.74. The lowest BCUT2D eigenvalue weighted by atomic mass is 10.0. The van der Waals surface area contributed by atoms with Crippen LogP contribution in [0, 0.1) is 6.92 Å². The van der Waals surface area contributed by atoms with Crippen molar-refractivity contribution in [1.82, 2.24) is 4.90 Å². The quantitative estimate of drug-likeness (QED) is 0.887. The summed E-state index contributed by atoms with van der Waals surface area (Å²) in [5.41, 5.74) is 2.22. The second-order valence-electron chi connectivity index (χ2n) is 5.12. The topological polar surface area (TPSA) is 32.7 Å². The maximum atomic E-state index is 10.3. The highest BCUT2D eigenvalue weighted by molar-refractivity contribution is 5.27. The van der Waals surface area contributed by atoms with E-state index in [1.54, 1.807) is 0 Å². The first-order valence-electron chi connectivity index (χ1n) is 6.74. The normalized spacial score (nSPS) is 22.9. The predicted molar refractivity (Wildman–Crippen MR) is 72.6 cm³/mol. The Labute approximate surface area is 109 Å². The number of nitrogens with zero attached hydrogens (tertiary/aromatic N) is 1. The fourth-order valence-electron chi connectivity index (χ4n) is 2.50. The minimum absolute atomic E-state index is 0.360. The van der Waals surface area contributed by atoms with Gasteiger partial charge in [-0.25, -0.2) is 0 Å². The van der Waals surface area contributed by atoms with E-state index in [4.69, 9.17) is 4.74 Å². The Bertz CT molecular complexity index is 381. The van der Waals surface area contributed by atoms with Crippen LogP contribution in [0.15, 0.2) is 24.3 Å². The molecule has 1 aromatic carbocycles. The molecule has 3 heteroatoms. The van der Waals surface area contributed by atoms with Crippen molar-refractivity contribution in [3.05, 3.63) is 35.4 Å². The molecule has 0 spiro atoms. The largest absolute Gasteiger partial charge is 0.388 e. The molecule has 2 atom stereocenters. The molecule has 1 N–H and O–H groups in total. The van der Waals surface area contributed by atoms with Crippen molar-refractivity contribution in [2.75, 3.05) is 26.3 Å². The lowest BCUT2D eigenvalue weighted by Crippen LogP contribution is -2.44. The number of aliphatic hydroxyl groups is 1. The van der Waals surface area contributed by atoms with E-state index < -0.39 is 0 Å². The van der Waals surface area contributed by atoms with E-state index in [1.807, 2.05) is 18.2 Å². The fraction of sp³-hybridized carbons (Fsp3) is 0.600. The summed E-state index contributed by atoms with van der Waals surface area (Å²) >= 11 is 0. The maximum Gasteiger partial charge on any atom is 0.0804 e. The number of morpholine rings is 1. The van der Waals surface area contributed by atoms with Gasteiger partial charge in [0.25, 0.3) is 0 Å². The highest BCUT2D eigenvalue weighted by atomic mass is 16.5. The summed E-state index contributed by atoms with van der Waals surface area (Å²) in [4.78, 5) is 2.39. The molecule has 100 valence electrons. The zero-order valence-electron chi connectivity index (χ0n) is 11.3. The van der Waals surface area contributed by atoms with E-state index in [0.717, 1.165) is 38.3 Å². The van der Waals surface area contributed by atoms with Crippen LogP contribution in [0.1, 0.15) is 30.6 Å². The lowest BCUT2D eigenvalue weighted by Gasteiger charge is -2.33. The van der Waals surface area contributed by atoms with Gasteiger partial charge in [0.15, 0.2) is 0 Å². The summed E-state index contributed by atoms with van der Waals surface area (Å²) in [7, 11) is 0. The van der Waals surface area contributed by atoms with Crippen molar-refractivity contribution in [3.63, 3.8) is 0 Å². The molecule has 1 heterocycles. The first-order chi connectivity index (χ1) is 8.68. The van der Waals surface area contributed by atoms with Crippen LogP contribution in [0.2, 0.25) is 0 Å². The fourth-order valence-corrected chi connectivity index (χ4v) is 2.50. The van der Waals surface area contributed by atoms with Gasteiger partial charge in [-0.15, -0.1) is 0 Å². The van der Waals surface area contributed by atoms with Crippen molar-refractivity contribution in [2.45, 2.75) is 32.4 Å². The van der Waals surface area contributed by atoms with Crippen LogP contribution in [-0.2, 0) is 4.74 Å². The van der Waals surface area contributed by atoms with Crippen molar-refractivity contribution in [3.8, 4) is 0 Å². The third kappa shape index (κ3) is 3.31. The standard InChI is InChI=1S/C15H23NO2/c1-12-5-3-4-6-14(12)15(17)7-8-16-9-10-18-11-13(16)2/h3-6,13,15,17H,7-11H2,1-2H3. The SMILES string of the molecule is Cc1ccccc1C(O)CCN1CCOCC1C. The minimum Gasteiger partial charge on any atom is -0.388 e. The zero-order valence-corrected chi connectivity index (χ0v) is 11.3. The molecule has 0 aromatic heterocycles. The van der Waals surface area contributed by atoms with Crippen molar-refractivity contribution >= 4 is 0 Å². The van der Waals surface area contributed by atoms with Gasteiger partial charge < -0.3 is 9.84 Å². The van der Waals surface area contributed by atoms with Crippen LogP contribution in [0.5, 0.6) is 0 Å². The van der Waals surface area contributed by atoms with Crippen LogP contribution in [0.25, 0.3) is 0 Å². The number of rotatable bonds is 4. The van der Waals surface area contributed by atoms with Crippen LogP contribution < -0.4 is 0 Å². The Hall–Kier alpha value is -0.900. The van der Waals surface area contributed by atoms with Gasteiger partial charge in [-0.1, -0.05) is 24.3 Å². The van der Waals surface area contributed by atoms with E-state index in [-0.39, 0.29) is 6.10 Å². The highest BCUT2D eigenvalue weighted by Gasteiger charge is 2.20. The van der Waals surface area contributed by atoms with E-state index in [2.05, 4.69) is 24.8 Å². The predicted octanol–water partition coefficient (Wildman–Crippen LogP) is 2.14. The van der Waals surface area contributed by atoms with Gasteiger partial charge in [0.05, 0.1) is 19.3 Å². The van der Waals surface area contributed by atoms with E-state index in [9.17, 15) is 5.11 Å². The number of hydrogen-bond acceptors (Lipinski definition) is 3. The Morgan fingerprint density at radius 3 is 2.94 bits per heavy atom. The molecular weight excluding hydrogens is 226 g/mol. The molecule has 0 aliphatic carbocycles. The van der Waals surface area contributed by atoms with Gasteiger partial charge in [0.2, 0.25) is 0 Å². The molecule has 1 aliphatic rings. The van der Waals surface area contributed by atoms with Crippen molar-refractivity contribution in [2.24, 2.45) is 0 Å². The van der Waals surface area contributed by atoms with Crippen LogP contribution in [-0.4, -0.2) is 42.4 Å². The highest BCUT2D eigenvalue weighted by Crippen LogP contribution is 2.21. The van der Waals surface area contributed by atoms with Crippen molar-refractivity contribution in [1.29, 1.82) is 0 Å². The van der Waals surface area contributed by atoms with Crippen LogP contribution >= 0.6 is 0 Å². The Morgan fingerprint density at radius 2 is 2.22 bits per heavy atom. The second-order valence-corrected chi connectivity index (χ2v) is 5.12. The van der Waals surface area contributed by atoms with Crippen LogP contribution in [0.4, 0.5) is 0 Å². The molecule has 1 aromatic rings. The number of ether oxygens (including phenoxy) is 1. The number of aryl methyl sites for hydroxylation is 1. The smallest absolute Gasteiger partial charge is 0.0804 e. The van der Waals surface area contributed by atoms with Gasteiger partial charge in [0.1, 0.15) is 0 Å². The zero-order chi connectivity index (χ0) is 13.0. The van der Waals surface area contributed by atoms with Crippen LogP contribution in [0.3, 0.4) is 0 Å². The van der Waals surface area contributed by atoms with Crippen molar-refractivity contribution < 1.29 is 9.84 Å². The number of benzene rings is 1. The second kappa shape index (κ2) is 6.32. The molecule has 0 saturated carbocycles. The third-order valence-electron chi connectivity index (χ3n) is 3.74. The minimum atomic E-state index is -0.360. The van der Waals surface area contributed by atoms with Gasteiger partial charge in [-0.05, 0) is 31.4 Å². The summed E-state index contributed by atoms with van der Waals surface area (Å²) < 4.78 is 5.42. The molecular formula is C15H23NO2. The number of aliphatic hydroxyl groups excluding tert-OH is 1. The summed E-state index contributed by atoms with van der Waals surface area (Å²) in [6, 6.07) is 8.53. The maximum absolute atomic E-state index is 10.3. The Balaban J connectivity index is 1.88. The summed E-state index contributed by atoms with van der Waals surface area (Å²) in [5, 5.41) is 10.3. The molecule has 0 bridgehead atoms. The van der Waals surface area contributed by atoms with E-state index >= 15 is 0 Å². The Kier molecular flexibility index (Phi) is 4.75. The molecule has 2 rings (SSSR count). The first kappa shape index (κ1) is 13.5. The van der Waals surface area contributed by atoms with Gasteiger partial charge >= 0.3 is 0 Å². The average molecular weight is 249 g/mol. The third-order valence-corrected chi connectivity index (χ3v) is 3.74. The summed E-state index contributed by atoms with van der Waals surface area (Å²) in [5.74, 6) is 0. The molecule has 0 amide bonds. The molecule has 2 unspecified atom stereocenters. The molecule has 1 fully saturated rings. The summed E-state index contributed by atoms with van der Waals surface area (Å²) in [6.07, 6.45) is 0.427. The lowest BCUT2D eigenvalue weighted by molar-refractivity contribution is -0.00641. The molecule has 1 saturated heterocycles. The monoisotopic (exact) mass is 249 g/mol. The molecule has 0 radical (unpaired) electrons.